The lowest BCUT2D eigenvalue weighted by Crippen LogP contribution is -2.35. The van der Waals surface area contributed by atoms with Gasteiger partial charge in [0.2, 0.25) is 6.10 Å². The molecule has 0 aliphatic heterocycles. The van der Waals surface area contributed by atoms with E-state index in [2.05, 4.69) is 15.6 Å². The van der Waals surface area contributed by atoms with Gasteiger partial charge in [0.1, 0.15) is 23.4 Å². The van der Waals surface area contributed by atoms with E-state index in [1.54, 1.807) is 19.1 Å². The van der Waals surface area contributed by atoms with Crippen molar-refractivity contribution in [3.63, 3.8) is 0 Å². The van der Waals surface area contributed by atoms with Gasteiger partial charge < -0.3 is 14.9 Å². The maximum Gasteiger partial charge on any atom is 0.267 e. The number of para-hydroxylation sites is 1. The number of rotatable bonds is 7. The lowest BCUT2D eigenvalue weighted by atomic mass is 10.2. The Kier molecular flexibility index (Phi) is 5.38. The number of ether oxygens (including phenoxy) is 1. The molecule has 0 saturated carbocycles. The number of fused-ring (bicyclic) bond motifs is 1. The predicted octanol–water partition coefficient (Wildman–Crippen LogP) is 3.47. The molecule has 3 aromatic carbocycles. The lowest BCUT2D eigenvalue weighted by molar-refractivity contribution is -0.127. The first-order valence-corrected chi connectivity index (χ1v) is 9.24. The zero-order valence-corrected chi connectivity index (χ0v) is 15.9. The highest BCUT2D eigenvalue weighted by Gasteiger charge is 2.17. The van der Waals surface area contributed by atoms with Crippen LogP contribution in [0, 0.1) is 0 Å². The summed E-state index contributed by atoms with van der Waals surface area (Å²) < 4.78 is 5.75. The van der Waals surface area contributed by atoms with Crippen LogP contribution in [0.5, 0.6) is 5.75 Å². The molecule has 0 spiro atoms. The Morgan fingerprint density at radius 2 is 1.72 bits per heavy atom. The van der Waals surface area contributed by atoms with Gasteiger partial charge in [-0.15, -0.1) is 5.10 Å². The molecule has 1 atom stereocenters. The smallest absolute Gasteiger partial charge is 0.267 e. The van der Waals surface area contributed by atoms with Crippen molar-refractivity contribution in [1.29, 1.82) is 0 Å². The average molecular weight is 388 g/mol. The van der Waals surface area contributed by atoms with E-state index in [-0.39, 0.29) is 5.91 Å². The van der Waals surface area contributed by atoms with Gasteiger partial charge in [-0.25, -0.2) is 0 Å². The summed E-state index contributed by atoms with van der Waals surface area (Å²) in [5.74, 6) is 0.438. The van der Waals surface area contributed by atoms with Gasteiger partial charge in [-0.3, -0.25) is 4.79 Å². The van der Waals surface area contributed by atoms with Crippen LogP contribution >= 0.6 is 0 Å². The number of carbonyl (C=O) groups excluding carboxylic acids is 1. The van der Waals surface area contributed by atoms with E-state index >= 15 is 0 Å². The van der Waals surface area contributed by atoms with Crippen LogP contribution in [0.1, 0.15) is 12.5 Å². The van der Waals surface area contributed by atoms with Crippen molar-refractivity contribution in [3.05, 3.63) is 84.4 Å². The Morgan fingerprint density at radius 1 is 1.00 bits per heavy atom. The number of hydrogen-bond donors (Lipinski definition) is 1. The molecule has 1 amide bonds. The van der Waals surface area contributed by atoms with Crippen LogP contribution in [0.15, 0.2) is 78.9 Å². The highest BCUT2D eigenvalue weighted by molar-refractivity contribution is 5.94. The van der Waals surface area contributed by atoms with Gasteiger partial charge in [0.25, 0.3) is 5.91 Å². The van der Waals surface area contributed by atoms with E-state index in [9.17, 15) is 4.79 Å². The normalized spacial score (nSPS) is 11.8. The zero-order chi connectivity index (χ0) is 20.1. The van der Waals surface area contributed by atoms with Crippen LogP contribution < -0.4 is 14.9 Å². The van der Waals surface area contributed by atoms with Crippen molar-refractivity contribution in [3.8, 4) is 5.75 Å². The number of anilines is 1. The molecule has 0 saturated heterocycles. The fourth-order valence-electron chi connectivity index (χ4n) is 2.74. The molecule has 1 unspecified atom stereocenters. The maximum absolute atomic E-state index is 12.4. The van der Waals surface area contributed by atoms with Gasteiger partial charge in [0.15, 0.2) is 0 Å². The Hall–Kier alpha value is -3.87. The third kappa shape index (κ3) is 4.52. The number of carbonyl (C=O) groups is 1. The average Bonchev–Trinajstić information content (AvgIpc) is 3.17. The number of aromatic nitrogens is 3. The first-order valence-electron chi connectivity index (χ1n) is 9.24. The summed E-state index contributed by atoms with van der Waals surface area (Å²) in [5.41, 5.74) is 3.15. The van der Waals surface area contributed by atoms with Gasteiger partial charge in [0.05, 0.1) is 0 Å². The predicted molar refractivity (Wildman–Crippen MR) is 109 cm³/mol. The molecule has 1 N–H and O–H groups in total. The maximum atomic E-state index is 12.4. The van der Waals surface area contributed by atoms with E-state index in [1.165, 1.54) is 4.85 Å². The second kappa shape index (κ2) is 8.43. The molecule has 0 aliphatic rings. The van der Waals surface area contributed by atoms with E-state index in [0.29, 0.717) is 23.3 Å². The topological polar surface area (TPSA) is 78.3 Å². The molecule has 4 aromatic rings. The molecule has 29 heavy (non-hydrogen) atoms. The second-order valence-electron chi connectivity index (χ2n) is 6.49. The second-order valence-corrected chi connectivity index (χ2v) is 6.49. The van der Waals surface area contributed by atoms with Crippen molar-refractivity contribution in [1.82, 2.24) is 15.2 Å². The molecule has 0 bridgehead atoms. The molecule has 0 radical (unpaired) electrons. The number of amides is 1. The molecular formula is C22H20N4O3. The largest absolute Gasteiger partial charge is 0.489 e. The fraction of sp³-hybridized carbons (Fsp3) is 0.136. The molecule has 7 heteroatoms. The minimum Gasteiger partial charge on any atom is -0.489 e. The summed E-state index contributed by atoms with van der Waals surface area (Å²) in [7, 11) is 0. The number of nitrogens with zero attached hydrogens (tertiary/aromatic N) is 3. The molecule has 0 fully saturated rings. The summed E-state index contributed by atoms with van der Waals surface area (Å²) in [5, 5.41) is 10.8. The number of hydrogen-bond acceptors (Lipinski definition) is 5. The summed E-state index contributed by atoms with van der Waals surface area (Å²) in [6, 6.07) is 24.5. The molecule has 1 heterocycles. The highest BCUT2D eigenvalue weighted by Crippen LogP contribution is 2.17. The lowest BCUT2D eigenvalue weighted by Gasteiger charge is -2.14. The minimum absolute atomic E-state index is 0.289. The van der Waals surface area contributed by atoms with Crippen LogP contribution in [-0.4, -0.2) is 27.2 Å². The van der Waals surface area contributed by atoms with Gasteiger partial charge in [-0.05, 0) is 54.1 Å². The SMILES string of the molecule is CC(On1nnc2ccccc21)C(=O)Nc1ccc(OCc2ccccc2)cc1. The fourth-order valence-corrected chi connectivity index (χ4v) is 2.74. The summed E-state index contributed by atoms with van der Waals surface area (Å²) in [4.78, 5) is 19.3. The van der Waals surface area contributed by atoms with Crippen molar-refractivity contribution in [2.45, 2.75) is 19.6 Å². The zero-order valence-electron chi connectivity index (χ0n) is 15.9. The standard InChI is InChI=1S/C22H20N4O3/c1-16(29-26-21-10-6-5-9-20(21)24-25-26)22(27)23-18-11-13-19(14-12-18)28-15-17-7-3-2-4-8-17/h2-14,16H,15H2,1H3,(H,23,27). The van der Waals surface area contributed by atoms with Gasteiger partial charge in [-0.2, -0.15) is 0 Å². The van der Waals surface area contributed by atoms with E-state index < -0.39 is 6.10 Å². The van der Waals surface area contributed by atoms with Crippen molar-refractivity contribution in [2.75, 3.05) is 5.32 Å². The summed E-state index contributed by atoms with van der Waals surface area (Å²) >= 11 is 0. The molecule has 1 aromatic heterocycles. The van der Waals surface area contributed by atoms with Crippen LogP contribution in [0.25, 0.3) is 11.0 Å². The van der Waals surface area contributed by atoms with Crippen LogP contribution in [0.3, 0.4) is 0 Å². The van der Waals surface area contributed by atoms with Crippen LogP contribution in [0.2, 0.25) is 0 Å². The van der Waals surface area contributed by atoms with Crippen LogP contribution in [0.4, 0.5) is 5.69 Å². The Bertz CT molecular complexity index is 1090. The third-order valence-electron chi connectivity index (χ3n) is 4.32. The monoisotopic (exact) mass is 388 g/mol. The number of nitrogens with one attached hydrogen (secondary N) is 1. The first-order chi connectivity index (χ1) is 14.2. The van der Waals surface area contributed by atoms with Gasteiger partial charge in [0, 0.05) is 5.69 Å². The van der Waals surface area contributed by atoms with Crippen molar-refractivity contribution >= 4 is 22.6 Å². The first kappa shape index (κ1) is 18.5. The minimum atomic E-state index is -0.755. The Morgan fingerprint density at radius 3 is 2.52 bits per heavy atom. The van der Waals surface area contributed by atoms with Crippen molar-refractivity contribution < 1.29 is 14.4 Å². The molecule has 146 valence electrons. The summed E-state index contributed by atoms with van der Waals surface area (Å²) in [6.45, 7) is 2.15. The molecule has 0 aliphatic carbocycles. The van der Waals surface area contributed by atoms with Crippen molar-refractivity contribution in [2.24, 2.45) is 0 Å². The molecule has 7 nitrogen and oxygen atoms in total. The Labute approximate surface area is 167 Å². The highest BCUT2D eigenvalue weighted by atomic mass is 16.7. The van der Waals surface area contributed by atoms with E-state index in [4.69, 9.17) is 9.57 Å². The van der Waals surface area contributed by atoms with E-state index in [0.717, 1.165) is 11.3 Å². The third-order valence-corrected chi connectivity index (χ3v) is 4.32. The number of benzene rings is 3. The summed E-state index contributed by atoms with van der Waals surface area (Å²) in [6.07, 6.45) is -0.755. The quantitative estimate of drug-likeness (QED) is 0.525. The van der Waals surface area contributed by atoms with Gasteiger partial charge in [-0.1, -0.05) is 47.3 Å². The van der Waals surface area contributed by atoms with Gasteiger partial charge >= 0.3 is 0 Å². The van der Waals surface area contributed by atoms with E-state index in [1.807, 2.05) is 66.7 Å². The van der Waals surface area contributed by atoms with Crippen LogP contribution in [-0.2, 0) is 11.4 Å². The Balaban J connectivity index is 1.33. The molecule has 4 rings (SSSR count). The molecular weight excluding hydrogens is 368 g/mol.